The van der Waals surface area contributed by atoms with E-state index in [1.165, 1.54) is 24.4 Å². The van der Waals surface area contributed by atoms with E-state index in [0.717, 1.165) is 0 Å². The number of aromatic nitrogens is 1. The second kappa shape index (κ2) is 5.98. The molecule has 0 fully saturated rings. The highest BCUT2D eigenvalue weighted by atomic mass is 35.5. The van der Waals surface area contributed by atoms with Crippen LogP contribution in [0.2, 0.25) is 5.15 Å². The van der Waals surface area contributed by atoms with Gasteiger partial charge < -0.3 is 10.6 Å². The van der Waals surface area contributed by atoms with Crippen LogP contribution in [0.5, 0.6) is 0 Å². The van der Waals surface area contributed by atoms with Crippen LogP contribution in [0.1, 0.15) is 0 Å². The number of pyridine rings is 1. The fourth-order valence-electron chi connectivity index (χ4n) is 1.49. The maximum atomic E-state index is 11.8. The number of hydrogen-bond acceptors (Lipinski definition) is 4. The maximum absolute atomic E-state index is 11.8. The predicted molar refractivity (Wildman–Crippen MR) is 75.0 cm³/mol. The molecule has 20 heavy (non-hydrogen) atoms. The largest absolute Gasteiger partial charge is 0.323 e. The Morgan fingerprint density at radius 3 is 2.50 bits per heavy atom. The summed E-state index contributed by atoms with van der Waals surface area (Å²) in [6, 6.07) is 8.35. The molecule has 0 atom stereocenters. The van der Waals surface area contributed by atoms with Gasteiger partial charge in [-0.25, -0.2) is 9.78 Å². The molecule has 0 aliphatic heterocycles. The summed E-state index contributed by atoms with van der Waals surface area (Å²) < 4.78 is 0. The number of anilines is 2. The van der Waals surface area contributed by atoms with Crippen LogP contribution in [-0.4, -0.2) is 15.9 Å². The number of para-hydroxylation sites is 2. The molecule has 8 heteroatoms. The molecule has 0 radical (unpaired) electrons. The Kier molecular flexibility index (Phi) is 4.11. The molecule has 0 unspecified atom stereocenters. The number of carbonyl (C=O) groups is 1. The zero-order valence-corrected chi connectivity index (χ0v) is 10.8. The average Bonchev–Trinajstić information content (AvgIpc) is 2.41. The lowest BCUT2D eigenvalue weighted by Crippen LogP contribution is -2.20. The zero-order valence-electron chi connectivity index (χ0n) is 10.0. The summed E-state index contributed by atoms with van der Waals surface area (Å²) >= 11 is 5.79. The van der Waals surface area contributed by atoms with Gasteiger partial charge in [0.15, 0.2) is 5.15 Å². The van der Waals surface area contributed by atoms with Gasteiger partial charge in [0.25, 0.3) is 5.69 Å². The highest BCUT2D eigenvalue weighted by Gasteiger charge is 2.15. The lowest BCUT2D eigenvalue weighted by atomic mass is 10.3. The van der Waals surface area contributed by atoms with Crippen molar-refractivity contribution < 1.29 is 9.72 Å². The van der Waals surface area contributed by atoms with Gasteiger partial charge in [0.2, 0.25) is 0 Å². The molecule has 0 aliphatic rings. The van der Waals surface area contributed by atoms with Crippen LogP contribution in [0.4, 0.5) is 21.9 Å². The Morgan fingerprint density at radius 2 is 1.80 bits per heavy atom. The summed E-state index contributed by atoms with van der Waals surface area (Å²) in [6.07, 6.45) is 1.48. The SMILES string of the molecule is O=C(Nc1ccccc1[N+](=O)[O-])Nc1cccnc1Cl. The van der Waals surface area contributed by atoms with Crippen molar-refractivity contribution in [1.29, 1.82) is 0 Å². The topological polar surface area (TPSA) is 97.2 Å². The van der Waals surface area contributed by atoms with Gasteiger partial charge in [-0.05, 0) is 18.2 Å². The lowest BCUT2D eigenvalue weighted by molar-refractivity contribution is -0.383. The van der Waals surface area contributed by atoms with Gasteiger partial charge in [0.1, 0.15) is 5.69 Å². The summed E-state index contributed by atoms with van der Waals surface area (Å²) in [5.74, 6) is 0. The number of nitrogens with one attached hydrogen (secondary N) is 2. The van der Waals surface area contributed by atoms with E-state index in [1.54, 1.807) is 18.2 Å². The third kappa shape index (κ3) is 3.21. The third-order valence-electron chi connectivity index (χ3n) is 2.36. The van der Waals surface area contributed by atoms with Gasteiger partial charge in [-0.15, -0.1) is 0 Å². The van der Waals surface area contributed by atoms with Crippen molar-refractivity contribution in [2.24, 2.45) is 0 Å². The van der Waals surface area contributed by atoms with Gasteiger partial charge in [-0.1, -0.05) is 23.7 Å². The molecular formula is C12H9ClN4O3. The van der Waals surface area contributed by atoms with Crippen molar-refractivity contribution in [3.05, 3.63) is 57.9 Å². The number of hydrogen-bond donors (Lipinski definition) is 2. The Hall–Kier alpha value is -2.67. The van der Waals surface area contributed by atoms with Crippen LogP contribution in [0, 0.1) is 10.1 Å². The Balaban J connectivity index is 2.13. The first-order valence-corrected chi connectivity index (χ1v) is 5.87. The molecule has 102 valence electrons. The average molecular weight is 293 g/mol. The fourth-order valence-corrected chi connectivity index (χ4v) is 1.66. The molecule has 0 aliphatic carbocycles. The molecule has 2 rings (SSSR count). The quantitative estimate of drug-likeness (QED) is 0.515. The molecule has 2 amide bonds. The fraction of sp³-hybridized carbons (Fsp3) is 0. The molecule has 0 spiro atoms. The summed E-state index contributed by atoms with van der Waals surface area (Å²) in [5, 5.41) is 15.8. The molecule has 2 aromatic rings. The number of nitro groups is 1. The van der Waals surface area contributed by atoms with E-state index >= 15 is 0 Å². The summed E-state index contributed by atoms with van der Waals surface area (Å²) in [5.41, 5.74) is 0.209. The molecule has 7 nitrogen and oxygen atoms in total. The minimum atomic E-state index is -0.644. The van der Waals surface area contributed by atoms with Crippen molar-refractivity contribution in [1.82, 2.24) is 4.98 Å². The van der Waals surface area contributed by atoms with E-state index in [1.807, 2.05) is 0 Å². The minimum absolute atomic E-state index is 0.0926. The van der Waals surface area contributed by atoms with Gasteiger partial charge in [-0.2, -0.15) is 0 Å². The molecule has 0 saturated carbocycles. The first-order chi connectivity index (χ1) is 9.58. The van der Waals surface area contributed by atoms with E-state index in [9.17, 15) is 14.9 Å². The van der Waals surface area contributed by atoms with Crippen molar-refractivity contribution in [2.75, 3.05) is 10.6 Å². The second-order valence-corrected chi connectivity index (χ2v) is 4.05. The normalized spacial score (nSPS) is 9.85. The number of nitro benzene ring substituents is 1. The number of halogens is 1. The Morgan fingerprint density at radius 1 is 1.15 bits per heavy atom. The number of urea groups is 1. The van der Waals surface area contributed by atoms with Crippen molar-refractivity contribution in [3.63, 3.8) is 0 Å². The number of benzene rings is 1. The number of amides is 2. The van der Waals surface area contributed by atoms with E-state index in [4.69, 9.17) is 11.6 Å². The van der Waals surface area contributed by atoms with Gasteiger partial charge in [0.05, 0.1) is 10.6 Å². The van der Waals surface area contributed by atoms with Gasteiger partial charge >= 0.3 is 6.03 Å². The van der Waals surface area contributed by atoms with Crippen molar-refractivity contribution in [3.8, 4) is 0 Å². The summed E-state index contributed by atoms with van der Waals surface area (Å²) in [7, 11) is 0. The van der Waals surface area contributed by atoms with Crippen molar-refractivity contribution in [2.45, 2.75) is 0 Å². The number of carbonyl (C=O) groups excluding carboxylic acids is 1. The van der Waals surface area contributed by atoms with E-state index in [0.29, 0.717) is 5.69 Å². The van der Waals surface area contributed by atoms with Gasteiger partial charge in [-0.3, -0.25) is 10.1 Å². The Labute approximate surface area is 118 Å². The minimum Gasteiger partial charge on any atom is -0.305 e. The molecule has 1 aromatic heterocycles. The highest BCUT2D eigenvalue weighted by Crippen LogP contribution is 2.24. The summed E-state index contributed by atoms with van der Waals surface area (Å²) in [6.45, 7) is 0. The second-order valence-electron chi connectivity index (χ2n) is 3.70. The van der Waals surface area contributed by atoms with Crippen LogP contribution < -0.4 is 10.6 Å². The van der Waals surface area contributed by atoms with Gasteiger partial charge in [0, 0.05) is 12.3 Å². The molecular weight excluding hydrogens is 284 g/mol. The monoisotopic (exact) mass is 292 g/mol. The van der Waals surface area contributed by atoms with Crippen LogP contribution in [0.25, 0.3) is 0 Å². The molecule has 0 bridgehead atoms. The smallest absolute Gasteiger partial charge is 0.305 e. The zero-order chi connectivity index (χ0) is 14.5. The molecule has 1 heterocycles. The highest BCUT2D eigenvalue weighted by molar-refractivity contribution is 6.32. The Bertz CT molecular complexity index is 663. The molecule has 0 saturated heterocycles. The van der Waals surface area contributed by atoms with E-state index in [-0.39, 0.29) is 16.5 Å². The van der Waals surface area contributed by atoms with Crippen LogP contribution in [-0.2, 0) is 0 Å². The van der Waals surface area contributed by atoms with Crippen LogP contribution >= 0.6 is 11.6 Å². The van der Waals surface area contributed by atoms with E-state index in [2.05, 4.69) is 15.6 Å². The van der Waals surface area contributed by atoms with E-state index < -0.39 is 11.0 Å². The van der Waals surface area contributed by atoms with Crippen molar-refractivity contribution >= 4 is 34.7 Å². The number of nitrogens with zero attached hydrogens (tertiary/aromatic N) is 2. The molecule has 1 aromatic carbocycles. The van der Waals surface area contributed by atoms with Crippen LogP contribution in [0.3, 0.4) is 0 Å². The predicted octanol–water partition coefficient (Wildman–Crippen LogP) is 3.29. The standard InChI is InChI=1S/C12H9ClN4O3/c13-11-9(5-3-7-14-11)16-12(18)15-8-4-1-2-6-10(8)17(19)20/h1-7H,(H2,15,16,18). The van der Waals surface area contributed by atoms with Crippen LogP contribution in [0.15, 0.2) is 42.6 Å². The third-order valence-corrected chi connectivity index (χ3v) is 2.66. The molecule has 2 N–H and O–H groups in total. The first-order valence-electron chi connectivity index (χ1n) is 5.50. The number of rotatable bonds is 3. The summed E-state index contributed by atoms with van der Waals surface area (Å²) in [4.78, 5) is 25.8. The lowest BCUT2D eigenvalue weighted by Gasteiger charge is -2.08. The maximum Gasteiger partial charge on any atom is 0.323 e. The first kappa shape index (κ1) is 13.8.